The Kier molecular flexibility index (Phi) is 7.73. The van der Waals surface area contributed by atoms with Crippen LogP contribution in [0.15, 0.2) is 63.2 Å². The van der Waals surface area contributed by atoms with Gasteiger partial charge >= 0.3 is 5.69 Å². The molecule has 1 atom stereocenters. The number of hydrazone groups is 1. The summed E-state index contributed by atoms with van der Waals surface area (Å²) in [7, 11) is 2.93. The molecule has 2 N–H and O–H groups in total. The maximum absolute atomic E-state index is 13.0. The van der Waals surface area contributed by atoms with Gasteiger partial charge in [0.15, 0.2) is 11.2 Å². The van der Waals surface area contributed by atoms with Crippen molar-refractivity contribution in [1.82, 2.24) is 18.7 Å². The van der Waals surface area contributed by atoms with Crippen LogP contribution in [0, 0.1) is 6.92 Å². The number of aryl methyl sites for hydroxylation is 2. The van der Waals surface area contributed by atoms with Crippen molar-refractivity contribution in [3.05, 3.63) is 80.5 Å². The maximum atomic E-state index is 13.0. The molecule has 0 aliphatic heterocycles. The van der Waals surface area contributed by atoms with Gasteiger partial charge in [-0.2, -0.15) is 10.1 Å². The molecule has 0 radical (unpaired) electrons. The van der Waals surface area contributed by atoms with Crippen molar-refractivity contribution >= 4 is 23.3 Å². The number of hydrogen-bond donors (Lipinski definition) is 2. The maximum Gasteiger partial charge on any atom is 0.332 e. The third-order valence-electron chi connectivity index (χ3n) is 5.74. The second-order valence-electron chi connectivity index (χ2n) is 8.58. The Morgan fingerprint density at radius 1 is 1.08 bits per heavy atom. The molecule has 0 aliphatic carbocycles. The lowest BCUT2D eigenvalue weighted by molar-refractivity contribution is 0.0938. The van der Waals surface area contributed by atoms with Gasteiger partial charge in [0, 0.05) is 14.1 Å². The highest BCUT2D eigenvalue weighted by molar-refractivity contribution is 5.80. The molecule has 11 heteroatoms. The molecule has 0 bridgehead atoms. The predicted molar refractivity (Wildman–Crippen MR) is 142 cm³/mol. The third-order valence-corrected chi connectivity index (χ3v) is 5.74. The van der Waals surface area contributed by atoms with Crippen LogP contribution in [0.25, 0.3) is 11.2 Å². The summed E-state index contributed by atoms with van der Waals surface area (Å²) in [6.45, 7) is 4.42. The standard InChI is InChI=1S/C26H30N6O5/c1-5-36-20-11-9-18(10-12-20)14-27-29-25-28-23-22(24(34)31(4)26(35)30(23)3)32(25)15-19(33)16-37-21-8-6-7-17(2)13-21/h6-14,19,33H,5,15-16H2,1-4H3,(H,28,29). The number of aliphatic hydroxyl groups excluding tert-OH is 1. The molecule has 1 unspecified atom stereocenters. The fourth-order valence-corrected chi connectivity index (χ4v) is 3.85. The monoisotopic (exact) mass is 506 g/mol. The number of aromatic nitrogens is 4. The molecular weight excluding hydrogens is 476 g/mol. The van der Waals surface area contributed by atoms with Crippen LogP contribution in [0.1, 0.15) is 18.1 Å². The molecule has 11 nitrogen and oxygen atoms in total. The summed E-state index contributed by atoms with van der Waals surface area (Å²) in [5.41, 5.74) is 4.01. The van der Waals surface area contributed by atoms with Gasteiger partial charge in [-0.25, -0.2) is 10.2 Å². The van der Waals surface area contributed by atoms with E-state index >= 15 is 0 Å². The van der Waals surface area contributed by atoms with Crippen LogP contribution in [-0.2, 0) is 20.6 Å². The summed E-state index contributed by atoms with van der Waals surface area (Å²) in [6, 6.07) is 14.9. The summed E-state index contributed by atoms with van der Waals surface area (Å²) in [4.78, 5) is 29.9. The van der Waals surface area contributed by atoms with Crippen LogP contribution < -0.4 is 26.1 Å². The highest BCUT2D eigenvalue weighted by Crippen LogP contribution is 2.18. The second-order valence-corrected chi connectivity index (χ2v) is 8.58. The van der Waals surface area contributed by atoms with Gasteiger partial charge in [-0.15, -0.1) is 0 Å². The summed E-state index contributed by atoms with van der Waals surface area (Å²) < 4.78 is 15.0. The Hall–Kier alpha value is -4.38. The number of anilines is 1. The van der Waals surface area contributed by atoms with Crippen molar-refractivity contribution in [3.63, 3.8) is 0 Å². The van der Waals surface area contributed by atoms with E-state index in [4.69, 9.17) is 9.47 Å². The van der Waals surface area contributed by atoms with Gasteiger partial charge in [0.05, 0.1) is 19.4 Å². The van der Waals surface area contributed by atoms with E-state index in [1.807, 2.05) is 56.3 Å². The van der Waals surface area contributed by atoms with Crippen LogP contribution in [0.2, 0.25) is 0 Å². The van der Waals surface area contributed by atoms with Crippen LogP contribution in [0.4, 0.5) is 5.95 Å². The summed E-state index contributed by atoms with van der Waals surface area (Å²) in [5, 5.41) is 15.0. The van der Waals surface area contributed by atoms with Crippen molar-refractivity contribution in [2.24, 2.45) is 19.2 Å². The minimum atomic E-state index is -0.976. The quantitative estimate of drug-likeness (QED) is 0.249. The van der Waals surface area contributed by atoms with Gasteiger partial charge in [-0.05, 0) is 61.4 Å². The van der Waals surface area contributed by atoms with Gasteiger partial charge in [-0.3, -0.25) is 13.9 Å². The number of benzene rings is 2. The highest BCUT2D eigenvalue weighted by Gasteiger charge is 2.21. The molecule has 0 aliphatic rings. The number of imidazole rings is 1. The van der Waals surface area contributed by atoms with Crippen molar-refractivity contribution < 1.29 is 14.6 Å². The van der Waals surface area contributed by atoms with E-state index in [1.165, 1.54) is 23.2 Å². The van der Waals surface area contributed by atoms with Crippen molar-refractivity contribution in [2.45, 2.75) is 26.5 Å². The van der Waals surface area contributed by atoms with Crippen molar-refractivity contribution in [3.8, 4) is 11.5 Å². The van der Waals surface area contributed by atoms with E-state index in [9.17, 15) is 14.7 Å². The van der Waals surface area contributed by atoms with Crippen LogP contribution in [-0.4, -0.2) is 49.3 Å². The van der Waals surface area contributed by atoms with E-state index < -0.39 is 17.4 Å². The largest absolute Gasteiger partial charge is 0.494 e. The highest BCUT2D eigenvalue weighted by atomic mass is 16.5. The molecule has 4 rings (SSSR count). The van der Waals surface area contributed by atoms with Gasteiger partial charge in [-0.1, -0.05) is 12.1 Å². The third kappa shape index (κ3) is 5.72. The van der Waals surface area contributed by atoms with Crippen LogP contribution in [0.5, 0.6) is 11.5 Å². The Balaban J connectivity index is 1.62. The average molecular weight is 507 g/mol. The van der Waals surface area contributed by atoms with Crippen LogP contribution >= 0.6 is 0 Å². The number of nitrogens with one attached hydrogen (secondary N) is 1. The predicted octanol–water partition coefficient (Wildman–Crippen LogP) is 2.03. The lowest BCUT2D eigenvalue weighted by atomic mass is 10.2. The number of aliphatic hydroxyl groups is 1. The zero-order chi connectivity index (χ0) is 26.5. The number of nitrogens with zero attached hydrogens (tertiary/aromatic N) is 5. The van der Waals surface area contributed by atoms with Crippen molar-refractivity contribution in [1.29, 1.82) is 0 Å². The first-order chi connectivity index (χ1) is 17.8. The summed E-state index contributed by atoms with van der Waals surface area (Å²) in [5.74, 6) is 1.59. The summed E-state index contributed by atoms with van der Waals surface area (Å²) in [6.07, 6.45) is 0.615. The summed E-state index contributed by atoms with van der Waals surface area (Å²) >= 11 is 0. The zero-order valence-corrected chi connectivity index (χ0v) is 21.2. The first-order valence-corrected chi connectivity index (χ1v) is 11.8. The molecule has 0 saturated heterocycles. The fourth-order valence-electron chi connectivity index (χ4n) is 3.85. The molecule has 0 spiro atoms. The van der Waals surface area contributed by atoms with Gasteiger partial charge in [0.1, 0.15) is 24.2 Å². The average Bonchev–Trinajstić information content (AvgIpc) is 3.24. The molecule has 2 aromatic heterocycles. The number of fused-ring (bicyclic) bond motifs is 1. The van der Waals surface area contributed by atoms with Gasteiger partial charge < -0.3 is 19.1 Å². The Labute approximate surface area is 213 Å². The first-order valence-electron chi connectivity index (χ1n) is 11.8. The van der Waals surface area contributed by atoms with E-state index in [0.29, 0.717) is 12.4 Å². The smallest absolute Gasteiger partial charge is 0.332 e. The molecule has 37 heavy (non-hydrogen) atoms. The Bertz CT molecular complexity index is 1530. The van der Waals surface area contributed by atoms with Gasteiger partial charge in [0.25, 0.3) is 5.56 Å². The SMILES string of the molecule is CCOc1ccc(C=NNc2nc3c(c(=O)n(C)c(=O)n3C)n2CC(O)COc2cccc(C)c2)cc1. The topological polar surface area (TPSA) is 125 Å². The zero-order valence-electron chi connectivity index (χ0n) is 21.2. The minimum absolute atomic E-state index is 0.00983. The van der Waals surface area contributed by atoms with E-state index in [2.05, 4.69) is 15.5 Å². The lowest BCUT2D eigenvalue weighted by Crippen LogP contribution is -2.38. The fraction of sp³-hybridized carbons (Fsp3) is 0.308. The normalized spacial score (nSPS) is 12.2. The number of hydrogen-bond acceptors (Lipinski definition) is 8. The molecule has 0 saturated carbocycles. The van der Waals surface area contributed by atoms with E-state index in [-0.39, 0.29) is 30.3 Å². The molecular formula is C26H30N6O5. The molecule has 0 fully saturated rings. The number of rotatable bonds is 10. The van der Waals surface area contributed by atoms with E-state index in [1.54, 1.807) is 12.3 Å². The molecule has 4 aromatic rings. The lowest BCUT2D eigenvalue weighted by Gasteiger charge is -2.15. The van der Waals surface area contributed by atoms with Gasteiger partial charge in [0.2, 0.25) is 5.95 Å². The Morgan fingerprint density at radius 2 is 1.84 bits per heavy atom. The second kappa shape index (κ2) is 11.1. The minimum Gasteiger partial charge on any atom is -0.494 e. The first kappa shape index (κ1) is 25.7. The number of ether oxygens (including phenoxy) is 2. The van der Waals surface area contributed by atoms with Crippen molar-refractivity contribution in [2.75, 3.05) is 18.6 Å². The Morgan fingerprint density at radius 3 is 2.54 bits per heavy atom. The van der Waals surface area contributed by atoms with Crippen LogP contribution in [0.3, 0.4) is 0 Å². The molecule has 0 amide bonds. The molecule has 2 aromatic carbocycles. The molecule has 2 heterocycles. The van der Waals surface area contributed by atoms with E-state index in [0.717, 1.165) is 21.4 Å². The molecule has 194 valence electrons.